The molecule has 0 saturated carbocycles. The summed E-state index contributed by atoms with van der Waals surface area (Å²) in [6, 6.07) is 11.1. The fourth-order valence-corrected chi connectivity index (χ4v) is 4.17. The van der Waals surface area contributed by atoms with Crippen LogP contribution in [0.1, 0.15) is 23.1 Å². The summed E-state index contributed by atoms with van der Waals surface area (Å²) in [7, 11) is 4.47. The van der Waals surface area contributed by atoms with Crippen molar-refractivity contribution in [1.29, 1.82) is 0 Å². The van der Waals surface area contributed by atoms with E-state index < -0.39 is 0 Å². The van der Waals surface area contributed by atoms with E-state index in [1.165, 1.54) is 14.2 Å². The number of nitrogens with one attached hydrogen (secondary N) is 1. The second-order valence-electron chi connectivity index (χ2n) is 8.04. The number of benzene rings is 2. The van der Waals surface area contributed by atoms with Crippen molar-refractivity contribution in [3.05, 3.63) is 58.1 Å². The number of hydrogen-bond acceptors (Lipinski definition) is 8. The highest BCUT2D eigenvalue weighted by Gasteiger charge is 2.25. The Labute approximate surface area is 191 Å². The molecule has 1 N–H and O–H groups in total. The standard InChI is InChI=1S/C24H28N4O5/c1-15-13-28(17-7-5-16(6-8-17)24(30)33-4)10-9-27(15)14-22-25-19-12-21(32-3)20(31-2)11-18(19)23(29)26-22/h5-8,11-12,15H,9-10,13-14H2,1-4H3,(H,25,26,29). The lowest BCUT2D eigenvalue weighted by atomic mass is 10.1. The van der Waals surface area contributed by atoms with Crippen LogP contribution < -0.4 is 19.9 Å². The summed E-state index contributed by atoms with van der Waals surface area (Å²) in [6.07, 6.45) is 0. The highest BCUT2D eigenvalue weighted by molar-refractivity contribution is 5.89. The summed E-state index contributed by atoms with van der Waals surface area (Å²) in [6.45, 7) is 5.15. The Morgan fingerprint density at radius 3 is 2.42 bits per heavy atom. The number of esters is 1. The van der Waals surface area contributed by atoms with E-state index in [9.17, 15) is 9.59 Å². The number of nitrogens with zero attached hydrogens (tertiary/aromatic N) is 3. The SMILES string of the molecule is COC(=O)c1ccc(N2CCN(Cc3nc4cc(OC)c(OC)cc4c(=O)[nH]3)C(C)C2)cc1. The van der Waals surface area contributed by atoms with Gasteiger partial charge in [0.05, 0.1) is 44.3 Å². The van der Waals surface area contributed by atoms with E-state index in [-0.39, 0.29) is 17.6 Å². The van der Waals surface area contributed by atoms with Gasteiger partial charge in [0.2, 0.25) is 0 Å². The van der Waals surface area contributed by atoms with Gasteiger partial charge in [0, 0.05) is 37.4 Å². The van der Waals surface area contributed by atoms with Crippen LogP contribution in [-0.4, -0.2) is 67.8 Å². The van der Waals surface area contributed by atoms with Crippen LogP contribution in [0.15, 0.2) is 41.2 Å². The van der Waals surface area contributed by atoms with E-state index in [1.807, 2.05) is 12.1 Å². The smallest absolute Gasteiger partial charge is 0.337 e. The summed E-state index contributed by atoms with van der Waals surface area (Å²) in [5.41, 5.74) is 1.97. The van der Waals surface area contributed by atoms with Crippen LogP contribution in [0.3, 0.4) is 0 Å². The van der Waals surface area contributed by atoms with Crippen molar-refractivity contribution in [2.24, 2.45) is 0 Å². The number of fused-ring (bicyclic) bond motifs is 1. The molecule has 1 saturated heterocycles. The number of aromatic nitrogens is 2. The van der Waals surface area contributed by atoms with Crippen molar-refractivity contribution in [2.75, 3.05) is 45.9 Å². The number of piperazine rings is 1. The predicted octanol–water partition coefficient (Wildman–Crippen LogP) is 2.44. The number of methoxy groups -OCH3 is 3. The molecular formula is C24H28N4O5. The fraction of sp³-hybridized carbons (Fsp3) is 0.375. The van der Waals surface area contributed by atoms with E-state index in [0.29, 0.717) is 40.3 Å². The van der Waals surface area contributed by atoms with Crippen molar-refractivity contribution < 1.29 is 19.0 Å². The molecule has 9 heteroatoms. The average Bonchev–Trinajstić information content (AvgIpc) is 2.84. The minimum Gasteiger partial charge on any atom is -0.493 e. The van der Waals surface area contributed by atoms with Gasteiger partial charge in [0.1, 0.15) is 5.82 Å². The zero-order valence-corrected chi connectivity index (χ0v) is 19.3. The molecule has 0 aliphatic carbocycles. The molecule has 33 heavy (non-hydrogen) atoms. The fourth-order valence-electron chi connectivity index (χ4n) is 4.17. The van der Waals surface area contributed by atoms with Crippen molar-refractivity contribution in [2.45, 2.75) is 19.5 Å². The monoisotopic (exact) mass is 452 g/mol. The van der Waals surface area contributed by atoms with Gasteiger partial charge < -0.3 is 24.1 Å². The summed E-state index contributed by atoms with van der Waals surface area (Å²) in [5.74, 6) is 1.30. The van der Waals surface area contributed by atoms with E-state index in [1.54, 1.807) is 31.4 Å². The molecule has 174 valence electrons. The Kier molecular flexibility index (Phi) is 6.50. The minimum absolute atomic E-state index is 0.201. The second-order valence-corrected chi connectivity index (χ2v) is 8.04. The maximum Gasteiger partial charge on any atom is 0.337 e. The Balaban J connectivity index is 1.48. The molecular weight excluding hydrogens is 424 g/mol. The van der Waals surface area contributed by atoms with Crippen LogP contribution in [0.25, 0.3) is 10.9 Å². The number of hydrogen-bond donors (Lipinski definition) is 1. The highest BCUT2D eigenvalue weighted by atomic mass is 16.5. The number of aromatic amines is 1. The van der Waals surface area contributed by atoms with Crippen LogP contribution in [0.2, 0.25) is 0 Å². The molecule has 2 heterocycles. The number of rotatable bonds is 6. The number of ether oxygens (including phenoxy) is 3. The quantitative estimate of drug-likeness (QED) is 0.570. The van der Waals surface area contributed by atoms with Gasteiger partial charge in [0.15, 0.2) is 11.5 Å². The molecule has 0 bridgehead atoms. The Morgan fingerprint density at radius 1 is 1.09 bits per heavy atom. The summed E-state index contributed by atoms with van der Waals surface area (Å²) < 4.78 is 15.4. The van der Waals surface area contributed by atoms with Crippen LogP contribution in [0, 0.1) is 0 Å². The van der Waals surface area contributed by atoms with E-state index in [2.05, 4.69) is 26.7 Å². The molecule has 2 aromatic carbocycles. The zero-order chi connectivity index (χ0) is 23.5. The van der Waals surface area contributed by atoms with Gasteiger partial charge in [-0.3, -0.25) is 9.69 Å². The van der Waals surface area contributed by atoms with Crippen molar-refractivity contribution in [3.63, 3.8) is 0 Å². The van der Waals surface area contributed by atoms with Crippen LogP contribution in [0.5, 0.6) is 11.5 Å². The molecule has 1 aliphatic rings. The maximum atomic E-state index is 12.7. The zero-order valence-electron chi connectivity index (χ0n) is 19.3. The summed E-state index contributed by atoms with van der Waals surface area (Å²) in [5, 5.41) is 0.463. The molecule has 1 aromatic heterocycles. The molecule has 0 radical (unpaired) electrons. The van der Waals surface area contributed by atoms with Gasteiger partial charge in [-0.05, 0) is 37.3 Å². The van der Waals surface area contributed by atoms with Gasteiger partial charge in [-0.15, -0.1) is 0 Å². The van der Waals surface area contributed by atoms with Gasteiger partial charge in [-0.1, -0.05) is 0 Å². The summed E-state index contributed by atoms with van der Waals surface area (Å²) in [4.78, 5) is 36.5. The molecule has 1 unspecified atom stereocenters. The lowest BCUT2D eigenvalue weighted by molar-refractivity contribution is 0.0600. The van der Waals surface area contributed by atoms with Crippen LogP contribution in [-0.2, 0) is 11.3 Å². The first-order valence-corrected chi connectivity index (χ1v) is 10.8. The first-order chi connectivity index (χ1) is 15.9. The van der Waals surface area contributed by atoms with Gasteiger partial charge in [0.25, 0.3) is 5.56 Å². The summed E-state index contributed by atoms with van der Waals surface area (Å²) >= 11 is 0. The first kappa shape index (κ1) is 22.6. The molecule has 9 nitrogen and oxygen atoms in total. The topological polar surface area (TPSA) is 97.0 Å². The molecule has 0 amide bonds. The first-order valence-electron chi connectivity index (χ1n) is 10.8. The Hall–Kier alpha value is -3.59. The van der Waals surface area contributed by atoms with Crippen molar-refractivity contribution in [3.8, 4) is 11.5 Å². The third kappa shape index (κ3) is 4.63. The van der Waals surface area contributed by atoms with Crippen LogP contribution >= 0.6 is 0 Å². The van der Waals surface area contributed by atoms with Gasteiger partial charge in [-0.25, -0.2) is 9.78 Å². The molecule has 1 atom stereocenters. The second kappa shape index (κ2) is 9.50. The van der Waals surface area contributed by atoms with E-state index in [0.717, 1.165) is 25.3 Å². The highest BCUT2D eigenvalue weighted by Crippen LogP contribution is 2.30. The predicted molar refractivity (Wildman–Crippen MR) is 125 cm³/mol. The normalized spacial score (nSPS) is 16.6. The lowest BCUT2D eigenvalue weighted by Crippen LogP contribution is -2.51. The van der Waals surface area contributed by atoms with Gasteiger partial charge in [-0.2, -0.15) is 0 Å². The molecule has 0 spiro atoms. The van der Waals surface area contributed by atoms with E-state index in [4.69, 9.17) is 14.2 Å². The van der Waals surface area contributed by atoms with Crippen LogP contribution in [0.4, 0.5) is 5.69 Å². The lowest BCUT2D eigenvalue weighted by Gasteiger charge is -2.40. The Morgan fingerprint density at radius 2 is 1.79 bits per heavy atom. The maximum absolute atomic E-state index is 12.7. The number of anilines is 1. The number of carbonyl (C=O) groups excluding carboxylic acids is 1. The van der Waals surface area contributed by atoms with Crippen molar-refractivity contribution >= 4 is 22.6 Å². The largest absolute Gasteiger partial charge is 0.493 e. The van der Waals surface area contributed by atoms with E-state index >= 15 is 0 Å². The average molecular weight is 453 g/mol. The third-order valence-electron chi connectivity index (χ3n) is 6.03. The molecule has 3 aromatic rings. The van der Waals surface area contributed by atoms with Crippen molar-refractivity contribution in [1.82, 2.24) is 14.9 Å². The minimum atomic E-state index is -0.340. The number of carbonyl (C=O) groups is 1. The molecule has 1 fully saturated rings. The Bertz CT molecular complexity index is 1210. The molecule has 1 aliphatic heterocycles. The molecule has 4 rings (SSSR count). The third-order valence-corrected chi connectivity index (χ3v) is 6.03. The van der Waals surface area contributed by atoms with Gasteiger partial charge >= 0.3 is 5.97 Å². The number of H-pyrrole nitrogens is 1.